The molecule has 2 aliphatic rings. The smallest absolute Gasteiger partial charge is 0.275 e. The summed E-state index contributed by atoms with van der Waals surface area (Å²) in [6, 6.07) is 4.40. The number of thiazole rings is 1. The van der Waals surface area contributed by atoms with E-state index in [-0.39, 0.29) is 41.1 Å². The van der Waals surface area contributed by atoms with Crippen molar-refractivity contribution in [3.8, 4) is 5.75 Å². The Morgan fingerprint density at radius 1 is 1.31 bits per heavy atom. The van der Waals surface area contributed by atoms with Crippen molar-refractivity contribution in [1.29, 1.82) is 0 Å². The third-order valence-corrected chi connectivity index (χ3v) is 7.30. The largest absolute Gasteiger partial charge is 0.503 e. The van der Waals surface area contributed by atoms with Gasteiger partial charge in [0.1, 0.15) is 22.6 Å². The van der Waals surface area contributed by atoms with Crippen molar-refractivity contribution in [3.05, 3.63) is 78.9 Å². The van der Waals surface area contributed by atoms with Gasteiger partial charge in [-0.15, -0.1) is 11.3 Å². The lowest BCUT2D eigenvalue weighted by Gasteiger charge is -2.47. The number of aromatic hydroxyl groups is 1. The first-order valence-electron chi connectivity index (χ1n) is 11.0. The van der Waals surface area contributed by atoms with E-state index in [0.29, 0.717) is 13.1 Å². The first-order chi connectivity index (χ1) is 16.8. The number of fused-ring (bicyclic) bond motifs is 2. The summed E-state index contributed by atoms with van der Waals surface area (Å²) in [6.07, 6.45) is 3.45. The van der Waals surface area contributed by atoms with Crippen LogP contribution in [0.25, 0.3) is 0 Å². The Balaban J connectivity index is 1.43. The molecule has 2 aromatic heterocycles. The van der Waals surface area contributed by atoms with E-state index >= 15 is 0 Å². The molecule has 1 aromatic carbocycles. The molecule has 9 nitrogen and oxygen atoms in total. The van der Waals surface area contributed by atoms with Crippen molar-refractivity contribution in [3.63, 3.8) is 0 Å². The molecule has 0 aliphatic carbocycles. The Hall–Kier alpha value is -3.28. The molecule has 1 fully saturated rings. The van der Waals surface area contributed by atoms with Gasteiger partial charge in [-0.1, -0.05) is 23.7 Å². The van der Waals surface area contributed by atoms with Crippen LogP contribution in [-0.2, 0) is 19.6 Å². The molecule has 0 spiro atoms. The van der Waals surface area contributed by atoms with Crippen molar-refractivity contribution in [2.45, 2.75) is 32.2 Å². The zero-order valence-corrected chi connectivity index (χ0v) is 20.0. The maximum atomic E-state index is 14.2. The van der Waals surface area contributed by atoms with Crippen LogP contribution in [-0.4, -0.2) is 55.5 Å². The van der Waals surface area contributed by atoms with E-state index in [1.807, 2.05) is 5.38 Å². The normalized spacial score (nSPS) is 17.7. The topological polar surface area (TPSA) is 108 Å². The molecule has 2 N–H and O–H groups in total. The second kappa shape index (κ2) is 9.40. The highest BCUT2D eigenvalue weighted by atomic mass is 35.5. The SMILES string of the molecule is O=C(NCc1cccc(Cl)c1F)c1cn2c(c(O)c1=O)C(=O)N1CCCN(Cc3nccs3)C1C2. The molecule has 12 heteroatoms. The van der Waals surface area contributed by atoms with Gasteiger partial charge in [-0.25, -0.2) is 9.37 Å². The maximum absolute atomic E-state index is 14.2. The molecule has 0 bridgehead atoms. The van der Waals surface area contributed by atoms with Crippen LogP contribution >= 0.6 is 22.9 Å². The zero-order valence-electron chi connectivity index (χ0n) is 18.4. The number of nitrogens with zero attached hydrogens (tertiary/aromatic N) is 4. The van der Waals surface area contributed by atoms with Gasteiger partial charge < -0.3 is 19.9 Å². The molecule has 3 aromatic rings. The number of pyridine rings is 1. The number of carbonyl (C=O) groups excluding carboxylic acids is 2. The minimum Gasteiger partial charge on any atom is -0.503 e. The van der Waals surface area contributed by atoms with E-state index in [1.54, 1.807) is 17.2 Å². The highest BCUT2D eigenvalue weighted by Gasteiger charge is 2.40. The number of benzene rings is 1. The highest BCUT2D eigenvalue weighted by Crippen LogP contribution is 2.29. The van der Waals surface area contributed by atoms with Crippen LogP contribution in [0.15, 0.2) is 40.8 Å². The predicted molar refractivity (Wildman–Crippen MR) is 127 cm³/mol. The summed E-state index contributed by atoms with van der Waals surface area (Å²) in [5.41, 5.74) is -1.28. The van der Waals surface area contributed by atoms with Crippen LogP contribution in [0.3, 0.4) is 0 Å². The Morgan fingerprint density at radius 3 is 2.91 bits per heavy atom. The Bertz CT molecular complexity index is 1360. The van der Waals surface area contributed by atoms with E-state index in [4.69, 9.17) is 11.6 Å². The fourth-order valence-electron chi connectivity index (χ4n) is 4.53. The molecular formula is C23H21ClFN5O4S. The predicted octanol–water partition coefficient (Wildman–Crippen LogP) is 2.42. The van der Waals surface area contributed by atoms with E-state index in [1.165, 1.54) is 34.2 Å². The van der Waals surface area contributed by atoms with E-state index < -0.39 is 28.8 Å². The van der Waals surface area contributed by atoms with Crippen molar-refractivity contribution in [2.75, 3.05) is 13.1 Å². The fraction of sp³-hybridized carbons (Fsp3) is 0.304. The monoisotopic (exact) mass is 517 g/mol. The van der Waals surface area contributed by atoms with Gasteiger partial charge in [-0.3, -0.25) is 19.3 Å². The summed E-state index contributed by atoms with van der Waals surface area (Å²) in [5.74, 6) is -2.69. The second-order valence-corrected chi connectivity index (χ2v) is 9.73. The molecule has 1 atom stereocenters. The van der Waals surface area contributed by atoms with Crippen LogP contribution < -0.4 is 10.7 Å². The Kier molecular flexibility index (Phi) is 6.30. The summed E-state index contributed by atoms with van der Waals surface area (Å²) in [6.45, 7) is 1.88. The minimum atomic E-state index is -0.955. The number of hydrogen-bond acceptors (Lipinski definition) is 7. The number of hydrogen-bond donors (Lipinski definition) is 2. The first kappa shape index (κ1) is 23.5. The standard InChI is InChI=1S/C23H21ClFN5O4S/c24-15-4-1-3-13(18(15)25)9-27-22(33)14-10-29-12-17-28(11-16-26-5-8-35-16)6-2-7-30(17)23(34)19(29)21(32)20(14)31/h1,3-5,8,10,17,32H,2,6-7,9,11-12H2,(H,27,33). The molecule has 0 radical (unpaired) electrons. The van der Waals surface area contributed by atoms with Crippen molar-refractivity contribution in [2.24, 2.45) is 0 Å². The van der Waals surface area contributed by atoms with E-state index in [0.717, 1.165) is 18.0 Å². The summed E-state index contributed by atoms with van der Waals surface area (Å²) in [5, 5.41) is 15.8. The lowest BCUT2D eigenvalue weighted by atomic mass is 10.1. The molecular weight excluding hydrogens is 497 g/mol. The van der Waals surface area contributed by atoms with E-state index in [9.17, 15) is 23.9 Å². The van der Waals surface area contributed by atoms with E-state index in [2.05, 4.69) is 15.2 Å². The summed E-state index contributed by atoms with van der Waals surface area (Å²) < 4.78 is 15.6. The number of aromatic nitrogens is 2. The second-order valence-electron chi connectivity index (χ2n) is 8.35. The lowest BCUT2D eigenvalue weighted by molar-refractivity contribution is -0.0140. The molecule has 0 saturated carbocycles. The minimum absolute atomic E-state index is 0.0823. The maximum Gasteiger partial charge on any atom is 0.275 e. The number of carbonyl (C=O) groups is 2. The van der Waals surface area contributed by atoms with Crippen LogP contribution in [0.5, 0.6) is 5.75 Å². The van der Waals surface area contributed by atoms with Gasteiger partial charge >= 0.3 is 0 Å². The lowest BCUT2D eigenvalue weighted by Crippen LogP contribution is -2.60. The molecule has 1 unspecified atom stereocenters. The summed E-state index contributed by atoms with van der Waals surface area (Å²) in [7, 11) is 0. The highest BCUT2D eigenvalue weighted by molar-refractivity contribution is 7.09. The zero-order chi connectivity index (χ0) is 24.7. The average molecular weight is 518 g/mol. The third-order valence-electron chi connectivity index (χ3n) is 6.24. The third kappa shape index (κ3) is 4.30. The van der Waals surface area contributed by atoms with Gasteiger partial charge in [-0.2, -0.15) is 0 Å². The van der Waals surface area contributed by atoms with Gasteiger partial charge in [-0.05, 0) is 12.5 Å². The van der Waals surface area contributed by atoms with Gasteiger partial charge in [0, 0.05) is 43.0 Å². The van der Waals surface area contributed by atoms with Crippen LogP contribution in [0.2, 0.25) is 5.02 Å². The molecule has 1 saturated heterocycles. The molecule has 4 heterocycles. The number of halogens is 2. The summed E-state index contributed by atoms with van der Waals surface area (Å²) in [4.78, 5) is 46.9. The van der Waals surface area contributed by atoms with Crippen molar-refractivity contribution < 1.29 is 19.1 Å². The van der Waals surface area contributed by atoms with Gasteiger partial charge in [0.2, 0.25) is 5.43 Å². The quantitative estimate of drug-likeness (QED) is 0.538. The number of nitrogens with one attached hydrogen (secondary N) is 1. The van der Waals surface area contributed by atoms with Crippen molar-refractivity contribution in [1.82, 2.24) is 24.7 Å². The molecule has 182 valence electrons. The fourth-order valence-corrected chi connectivity index (χ4v) is 5.36. The molecule has 5 rings (SSSR count). The number of rotatable bonds is 5. The van der Waals surface area contributed by atoms with Crippen molar-refractivity contribution >= 4 is 34.8 Å². The molecule has 2 aliphatic heterocycles. The number of amides is 2. The van der Waals surface area contributed by atoms with Crippen LogP contribution in [0.4, 0.5) is 4.39 Å². The van der Waals surface area contributed by atoms with Crippen LogP contribution in [0, 0.1) is 5.82 Å². The van der Waals surface area contributed by atoms with Gasteiger partial charge in [0.25, 0.3) is 11.8 Å². The van der Waals surface area contributed by atoms with Crippen LogP contribution in [0.1, 0.15) is 37.8 Å². The first-order valence-corrected chi connectivity index (χ1v) is 12.2. The summed E-state index contributed by atoms with van der Waals surface area (Å²) >= 11 is 7.31. The van der Waals surface area contributed by atoms with Gasteiger partial charge in [0.15, 0.2) is 11.4 Å². The molecule has 2 amide bonds. The average Bonchev–Trinajstić information content (AvgIpc) is 3.36. The van der Waals surface area contributed by atoms with Gasteiger partial charge in [0.05, 0.1) is 18.1 Å². The molecule has 35 heavy (non-hydrogen) atoms. The Morgan fingerprint density at radius 2 is 2.14 bits per heavy atom. The Labute approximate surface area is 208 Å².